The van der Waals surface area contributed by atoms with Gasteiger partial charge in [0.05, 0.1) is 6.54 Å². The summed E-state index contributed by atoms with van der Waals surface area (Å²) in [6.45, 7) is 0.411. The van der Waals surface area contributed by atoms with Crippen LogP contribution in [0.5, 0.6) is 0 Å². The molecule has 0 unspecified atom stereocenters. The van der Waals surface area contributed by atoms with E-state index in [1.807, 2.05) is 29.9 Å². The van der Waals surface area contributed by atoms with Gasteiger partial charge in [-0.2, -0.15) is 0 Å². The van der Waals surface area contributed by atoms with E-state index in [0.29, 0.717) is 6.54 Å². The average Bonchev–Trinajstić information content (AvgIpc) is 2.69. The van der Waals surface area contributed by atoms with E-state index in [2.05, 4.69) is 5.32 Å². The van der Waals surface area contributed by atoms with Crippen molar-refractivity contribution >= 4 is 5.69 Å². The smallest absolute Gasteiger partial charge is 0.194 e. The molecule has 0 saturated heterocycles. The lowest BCUT2D eigenvalue weighted by atomic mass is 10.2. The number of benzene rings is 1. The summed E-state index contributed by atoms with van der Waals surface area (Å²) in [5.74, 6) is -3.84. The maximum atomic E-state index is 12.9. The summed E-state index contributed by atoms with van der Waals surface area (Å²) < 4.78 is 40.4. The molecule has 2 rings (SSSR count). The molecular formula is C12H11F3N2. The fraction of sp³-hybridized carbons (Fsp3) is 0.167. The van der Waals surface area contributed by atoms with Crippen LogP contribution in [0.2, 0.25) is 0 Å². The van der Waals surface area contributed by atoms with Crippen molar-refractivity contribution in [2.75, 3.05) is 5.32 Å². The maximum Gasteiger partial charge on any atom is 0.194 e. The molecule has 5 heteroatoms. The van der Waals surface area contributed by atoms with Crippen LogP contribution >= 0.6 is 0 Å². The van der Waals surface area contributed by atoms with Crippen molar-refractivity contribution in [2.45, 2.75) is 6.54 Å². The second-order valence-electron chi connectivity index (χ2n) is 3.72. The van der Waals surface area contributed by atoms with Crippen LogP contribution in [0.25, 0.3) is 0 Å². The Morgan fingerprint density at radius 3 is 2.35 bits per heavy atom. The van der Waals surface area contributed by atoms with Gasteiger partial charge in [-0.05, 0) is 12.1 Å². The van der Waals surface area contributed by atoms with Gasteiger partial charge in [0.25, 0.3) is 0 Å². The van der Waals surface area contributed by atoms with Crippen molar-refractivity contribution in [3.8, 4) is 0 Å². The number of hydrogen-bond acceptors (Lipinski definition) is 1. The second kappa shape index (κ2) is 4.53. The molecule has 2 aromatic rings. The summed E-state index contributed by atoms with van der Waals surface area (Å²) in [6.07, 6.45) is 1.86. The number of nitrogens with one attached hydrogen (secondary N) is 1. The van der Waals surface area contributed by atoms with Crippen molar-refractivity contribution in [1.82, 2.24) is 4.57 Å². The molecule has 0 atom stereocenters. The van der Waals surface area contributed by atoms with Gasteiger partial charge in [0.15, 0.2) is 17.5 Å². The molecule has 0 fully saturated rings. The summed E-state index contributed by atoms with van der Waals surface area (Å²) in [4.78, 5) is 0. The van der Waals surface area contributed by atoms with Gasteiger partial charge in [-0.15, -0.1) is 0 Å². The number of hydrogen-bond donors (Lipinski definition) is 1. The number of halogens is 3. The molecule has 0 aliphatic rings. The second-order valence-corrected chi connectivity index (χ2v) is 3.72. The van der Waals surface area contributed by atoms with E-state index in [1.54, 1.807) is 0 Å². The van der Waals surface area contributed by atoms with Gasteiger partial charge in [0.2, 0.25) is 0 Å². The van der Waals surface area contributed by atoms with E-state index in [-0.39, 0.29) is 5.69 Å². The molecule has 0 aliphatic heterocycles. The third-order valence-corrected chi connectivity index (χ3v) is 2.51. The fourth-order valence-corrected chi connectivity index (χ4v) is 1.53. The van der Waals surface area contributed by atoms with Crippen LogP contribution < -0.4 is 5.32 Å². The Morgan fingerprint density at radius 2 is 1.82 bits per heavy atom. The normalized spacial score (nSPS) is 10.6. The predicted molar refractivity (Wildman–Crippen MR) is 59.1 cm³/mol. The van der Waals surface area contributed by atoms with Crippen molar-refractivity contribution < 1.29 is 13.2 Å². The van der Waals surface area contributed by atoms with Crippen LogP contribution in [0.4, 0.5) is 18.9 Å². The Bertz CT molecular complexity index is 511. The molecule has 0 amide bonds. The van der Waals surface area contributed by atoms with Gasteiger partial charge in [-0.1, -0.05) is 0 Å². The molecule has 0 radical (unpaired) electrons. The Labute approximate surface area is 96.7 Å². The fourth-order valence-electron chi connectivity index (χ4n) is 1.53. The van der Waals surface area contributed by atoms with Crippen LogP contribution in [0.3, 0.4) is 0 Å². The van der Waals surface area contributed by atoms with E-state index in [4.69, 9.17) is 0 Å². The van der Waals surface area contributed by atoms with Crippen molar-refractivity contribution in [2.24, 2.45) is 7.05 Å². The first-order valence-corrected chi connectivity index (χ1v) is 5.06. The Hall–Kier alpha value is -1.91. The van der Waals surface area contributed by atoms with E-state index >= 15 is 0 Å². The quantitative estimate of drug-likeness (QED) is 0.816. The lowest BCUT2D eigenvalue weighted by molar-refractivity contribution is 0.447. The maximum absolute atomic E-state index is 12.9. The number of aromatic nitrogens is 1. The van der Waals surface area contributed by atoms with Crippen LogP contribution in [0, 0.1) is 17.5 Å². The van der Waals surface area contributed by atoms with Crippen molar-refractivity contribution in [3.05, 3.63) is 53.6 Å². The Morgan fingerprint density at radius 1 is 1.18 bits per heavy atom. The summed E-state index contributed by atoms with van der Waals surface area (Å²) >= 11 is 0. The molecule has 0 bridgehead atoms. The van der Waals surface area contributed by atoms with Crippen LogP contribution in [0.1, 0.15) is 5.69 Å². The molecule has 1 aromatic heterocycles. The summed E-state index contributed by atoms with van der Waals surface area (Å²) in [6, 6.07) is 5.61. The highest BCUT2D eigenvalue weighted by Gasteiger charge is 2.10. The third-order valence-electron chi connectivity index (χ3n) is 2.51. The standard InChI is InChI=1S/C12H11F3N2/c1-17-4-2-3-9(17)7-16-8-5-10(13)12(15)11(14)6-8/h2-6,16H,7H2,1H3. The molecule has 2 nitrogen and oxygen atoms in total. The average molecular weight is 240 g/mol. The number of rotatable bonds is 3. The topological polar surface area (TPSA) is 17.0 Å². The summed E-state index contributed by atoms with van der Waals surface area (Å²) in [7, 11) is 1.86. The van der Waals surface area contributed by atoms with E-state index in [1.165, 1.54) is 0 Å². The van der Waals surface area contributed by atoms with Gasteiger partial charge >= 0.3 is 0 Å². The first-order chi connectivity index (χ1) is 8.08. The molecule has 90 valence electrons. The van der Waals surface area contributed by atoms with Crippen LogP contribution in [-0.4, -0.2) is 4.57 Å². The zero-order valence-electron chi connectivity index (χ0n) is 9.17. The first kappa shape index (κ1) is 11.6. The molecule has 1 aromatic carbocycles. The highest BCUT2D eigenvalue weighted by Crippen LogP contribution is 2.18. The zero-order chi connectivity index (χ0) is 12.4. The highest BCUT2D eigenvalue weighted by molar-refractivity contribution is 5.44. The molecule has 0 aliphatic carbocycles. The Balaban J connectivity index is 2.12. The zero-order valence-corrected chi connectivity index (χ0v) is 9.17. The Kier molecular flexibility index (Phi) is 3.08. The summed E-state index contributed by atoms with van der Waals surface area (Å²) in [5.41, 5.74) is 1.16. The molecular weight excluding hydrogens is 229 g/mol. The van der Waals surface area contributed by atoms with Gasteiger partial charge in [0.1, 0.15) is 0 Å². The van der Waals surface area contributed by atoms with Crippen molar-refractivity contribution in [1.29, 1.82) is 0 Å². The summed E-state index contributed by atoms with van der Waals surface area (Å²) in [5, 5.41) is 2.83. The van der Waals surface area contributed by atoms with E-state index in [9.17, 15) is 13.2 Å². The van der Waals surface area contributed by atoms with Gasteiger partial charge < -0.3 is 9.88 Å². The SMILES string of the molecule is Cn1cccc1CNc1cc(F)c(F)c(F)c1. The molecule has 1 heterocycles. The van der Waals surface area contributed by atoms with Crippen LogP contribution in [0.15, 0.2) is 30.5 Å². The minimum Gasteiger partial charge on any atom is -0.379 e. The molecule has 0 spiro atoms. The van der Waals surface area contributed by atoms with Crippen molar-refractivity contribution in [3.63, 3.8) is 0 Å². The monoisotopic (exact) mass is 240 g/mol. The predicted octanol–water partition coefficient (Wildman–Crippen LogP) is 3.05. The minimum atomic E-state index is -1.45. The molecule has 0 saturated carbocycles. The minimum absolute atomic E-state index is 0.211. The van der Waals surface area contributed by atoms with E-state index in [0.717, 1.165) is 17.8 Å². The number of nitrogens with zero attached hydrogens (tertiary/aromatic N) is 1. The molecule has 1 N–H and O–H groups in total. The van der Waals surface area contributed by atoms with Gasteiger partial charge in [-0.25, -0.2) is 13.2 Å². The lowest BCUT2D eigenvalue weighted by Crippen LogP contribution is -2.05. The first-order valence-electron chi connectivity index (χ1n) is 5.06. The lowest BCUT2D eigenvalue weighted by Gasteiger charge is -2.08. The number of aryl methyl sites for hydroxylation is 1. The van der Waals surface area contributed by atoms with Gasteiger partial charge in [-0.3, -0.25) is 0 Å². The molecule has 17 heavy (non-hydrogen) atoms. The largest absolute Gasteiger partial charge is 0.379 e. The third kappa shape index (κ3) is 2.43. The van der Waals surface area contributed by atoms with Crippen LogP contribution in [-0.2, 0) is 13.6 Å². The van der Waals surface area contributed by atoms with E-state index < -0.39 is 17.5 Å². The highest BCUT2D eigenvalue weighted by atomic mass is 19.2. The van der Waals surface area contributed by atoms with Gasteiger partial charge in [0, 0.05) is 36.8 Å². The number of anilines is 1.